The Hall–Kier alpha value is -3.55. The first kappa shape index (κ1) is 17.3. The molecular weight excluding hydrogens is 340 g/mol. The number of hydrogen-bond acceptors (Lipinski definition) is 8. The first-order valence-electron chi connectivity index (χ1n) is 7.62. The zero-order valence-electron chi connectivity index (χ0n) is 14.1. The third kappa shape index (κ3) is 3.59. The van der Waals surface area contributed by atoms with E-state index in [2.05, 4.69) is 10.2 Å². The van der Waals surface area contributed by atoms with E-state index in [4.69, 9.17) is 18.6 Å². The summed E-state index contributed by atoms with van der Waals surface area (Å²) < 4.78 is 20.6. The van der Waals surface area contributed by atoms with Crippen molar-refractivity contribution >= 4 is 5.97 Å². The highest BCUT2D eigenvalue weighted by Crippen LogP contribution is 2.30. The summed E-state index contributed by atoms with van der Waals surface area (Å²) in [6, 6.07) is 11.6. The maximum atomic E-state index is 12.1. The number of aromatic nitrogens is 2. The van der Waals surface area contributed by atoms with Gasteiger partial charge >= 0.3 is 5.97 Å². The summed E-state index contributed by atoms with van der Waals surface area (Å²) in [5.74, 6) is 0.295. The van der Waals surface area contributed by atoms with E-state index in [0.717, 1.165) is 0 Å². The van der Waals surface area contributed by atoms with Gasteiger partial charge in [-0.25, -0.2) is 4.79 Å². The molecule has 0 bridgehead atoms. The Balaban J connectivity index is 1.67. The summed E-state index contributed by atoms with van der Waals surface area (Å²) in [6.07, 6.45) is 0. The molecule has 0 unspecified atom stereocenters. The minimum absolute atomic E-state index is 0.0146. The molecule has 0 amide bonds. The van der Waals surface area contributed by atoms with Crippen molar-refractivity contribution in [2.45, 2.75) is 6.61 Å². The molecule has 2 aromatic carbocycles. The number of methoxy groups -OCH3 is 2. The Morgan fingerprint density at radius 3 is 2.54 bits per heavy atom. The second-order valence-corrected chi connectivity index (χ2v) is 5.16. The van der Waals surface area contributed by atoms with E-state index in [9.17, 15) is 9.90 Å². The largest absolute Gasteiger partial charge is 0.504 e. The molecule has 8 heteroatoms. The number of esters is 1. The third-order valence-electron chi connectivity index (χ3n) is 3.57. The van der Waals surface area contributed by atoms with Crippen LogP contribution in [0.4, 0.5) is 0 Å². The van der Waals surface area contributed by atoms with Gasteiger partial charge < -0.3 is 23.7 Å². The van der Waals surface area contributed by atoms with Crippen molar-refractivity contribution in [2.75, 3.05) is 14.2 Å². The summed E-state index contributed by atoms with van der Waals surface area (Å²) in [6.45, 7) is -0.224. The molecule has 26 heavy (non-hydrogen) atoms. The minimum Gasteiger partial charge on any atom is -0.504 e. The summed E-state index contributed by atoms with van der Waals surface area (Å²) in [7, 11) is 2.97. The Morgan fingerprint density at radius 1 is 1.08 bits per heavy atom. The first-order valence-corrected chi connectivity index (χ1v) is 7.62. The minimum atomic E-state index is -0.731. The zero-order valence-corrected chi connectivity index (χ0v) is 14.1. The fourth-order valence-electron chi connectivity index (χ4n) is 2.22. The van der Waals surface area contributed by atoms with Gasteiger partial charge in [0.05, 0.1) is 14.2 Å². The maximum absolute atomic E-state index is 12.1. The third-order valence-corrected chi connectivity index (χ3v) is 3.57. The van der Waals surface area contributed by atoms with Gasteiger partial charge in [0.15, 0.2) is 18.1 Å². The molecule has 0 radical (unpaired) electrons. The molecule has 1 aromatic heterocycles. The van der Waals surface area contributed by atoms with E-state index < -0.39 is 5.97 Å². The Bertz CT molecular complexity index is 904. The second-order valence-electron chi connectivity index (χ2n) is 5.16. The molecule has 0 spiro atoms. The lowest BCUT2D eigenvalue weighted by Crippen LogP contribution is -2.06. The van der Waals surface area contributed by atoms with Gasteiger partial charge in [0.1, 0.15) is 11.3 Å². The molecule has 0 atom stereocenters. The van der Waals surface area contributed by atoms with Crippen LogP contribution >= 0.6 is 0 Å². The molecule has 1 heterocycles. The van der Waals surface area contributed by atoms with Crippen LogP contribution in [-0.4, -0.2) is 35.5 Å². The van der Waals surface area contributed by atoms with Gasteiger partial charge in [0.2, 0.25) is 5.89 Å². The Morgan fingerprint density at radius 2 is 1.85 bits per heavy atom. The van der Waals surface area contributed by atoms with Crippen molar-refractivity contribution in [1.82, 2.24) is 10.2 Å². The fourth-order valence-corrected chi connectivity index (χ4v) is 2.22. The van der Waals surface area contributed by atoms with Crippen molar-refractivity contribution < 1.29 is 28.5 Å². The Labute approximate surface area is 149 Å². The van der Waals surface area contributed by atoms with Crippen LogP contribution in [0.15, 0.2) is 46.9 Å². The number of hydrogen-bond donors (Lipinski definition) is 1. The number of phenols is 1. The lowest BCUT2D eigenvalue weighted by Gasteiger charge is -2.07. The molecule has 0 aliphatic carbocycles. The van der Waals surface area contributed by atoms with Crippen molar-refractivity contribution in [3.63, 3.8) is 0 Å². The van der Waals surface area contributed by atoms with Crippen LogP contribution < -0.4 is 9.47 Å². The monoisotopic (exact) mass is 356 g/mol. The predicted molar refractivity (Wildman–Crippen MR) is 90.1 cm³/mol. The highest BCUT2D eigenvalue weighted by atomic mass is 16.5. The van der Waals surface area contributed by atoms with Crippen LogP contribution in [0.5, 0.6) is 17.2 Å². The summed E-state index contributed by atoms with van der Waals surface area (Å²) in [4.78, 5) is 12.1. The highest BCUT2D eigenvalue weighted by Gasteiger charge is 2.17. The van der Waals surface area contributed by atoms with Gasteiger partial charge in [-0.05, 0) is 36.4 Å². The number of aromatic hydroxyl groups is 1. The number of rotatable bonds is 6. The number of phenolic OH excluding ortho intramolecular Hbond substituents is 1. The smallest absolute Gasteiger partial charge is 0.342 e. The van der Waals surface area contributed by atoms with Crippen molar-refractivity contribution in [3.8, 4) is 28.7 Å². The number of benzene rings is 2. The zero-order chi connectivity index (χ0) is 18.5. The normalized spacial score (nSPS) is 10.4. The van der Waals surface area contributed by atoms with Crippen molar-refractivity contribution in [3.05, 3.63) is 53.9 Å². The van der Waals surface area contributed by atoms with E-state index >= 15 is 0 Å². The van der Waals surface area contributed by atoms with Gasteiger partial charge in [-0.2, -0.15) is 0 Å². The van der Waals surface area contributed by atoms with Crippen LogP contribution in [0.3, 0.4) is 0 Å². The van der Waals surface area contributed by atoms with Gasteiger partial charge in [-0.1, -0.05) is 6.07 Å². The van der Waals surface area contributed by atoms with Crippen LogP contribution in [0, 0.1) is 0 Å². The Kier molecular flexibility index (Phi) is 5.02. The molecule has 0 saturated carbocycles. The van der Waals surface area contributed by atoms with Gasteiger partial charge in [-0.15, -0.1) is 10.2 Å². The van der Waals surface area contributed by atoms with Crippen LogP contribution in [0.1, 0.15) is 16.2 Å². The highest BCUT2D eigenvalue weighted by molar-refractivity contribution is 5.93. The molecule has 8 nitrogen and oxygen atoms in total. The number of para-hydroxylation sites is 1. The quantitative estimate of drug-likeness (QED) is 0.672. The van der Waals surface area contributed by atoms with Gasteiger partial charge in [0, 0.05) is 5.56 Å². The molecule has 0 saturated heterocycles. The van der Waals surface area contributed by atoms with E-state index in [1.54, 1.807) is 37.4 Å². The second kappa shape index (κ2) is 7.56. The van der Waals surface area contributed by atoms with Crippen molar-refractivity contribution in [1.29, 1.82) is 0 Å². The lowest BCUT2D eigenvalue weighted by atomic mass is 10.2. The van der Waals surface area contributed by atoms with Crippen LogP contribution in [0.25, 0.3) is 11.5 Å². The number of nitrogens with zero attached hydrogens (tertiary/aromatic N) is 2. The summed E-state index contributed by atoms with van der Waals surface area (Å²) in [5.41, 5.74) is 0.695. The molecule has 0 aliphatic rings. The first-order chi connectivity index (χ1) is 12.6. The van der Waals surface area contributed by atoms with E-state index in [1.165, 1.54) is 19.2 Å². The van der Waals surface area contributed by atoms with E-state index in [0.29, 0.717) is 17.2 Å². The number of carbonyl (C=O) groups is 1. The van der Waals surface area contributed by atoms with Crippen LogP contribution in [-0.2, 0) is 11.3 Å². The van der Waals surface area contributed by atoms with Gasteiger partial charge in [0.25, 0.3) is 5.89 Å². The topological polar surface area (TPSA) is 104 Å². The number of ether oxygens (including phenoxy) is 3. The summed E-state index contributed by atoms with van der Waals surface area (Å²) in [5, 5.41) is 17.7. The van der Waals surface area contributed by atoms with E-state index in [1.807, 2.05) is 0 Å². The average molecular weight is 356 g/mol. The number of carbonyl (C=O) groups excluding carboxylic acids is 1. The molecular formula is C18H16N2O6. The molecule has 134 valence electrons. The lowest BCUT2D eigenvalue weighted by molar-refractivity contribution is 0.0434. The van der Waals surface area contributed by atoms with Crippen molar-refractivity contribution in [2.24, 2.45) is 0 Å². The summed E-state index contributed by atoms with van der Waals surface area (Å²) >= 11 is 0. The molecule has 0 aliphatic heterocycles. The molecule has 1 N–H and O–H groups in total. The van der Waals surface area contributed by atoms with Gasteiger partial charge in [-0.3, -0.25) is 0 Å². The molecule has 3 aromatic rings. The SMILES string of the molecule is COc1ccc(-c2nnc(COC(=O)c3cccc(OC)c3O)o2)cc1. The van der Waals surface area contributed by atoms with E-state index in [-0.39, 0.29) is 29.6 Å². The molecule has 0 fully saturated rings. The standard InChI is InChI=1S/C18H16N2O6/c1-23-12-8-6-11(7-9-12)17-20-19-15(26-17)10-25-18(22)13-4-3-5-14(24-2)16(13)21/h3-9,21H,10H2,1-2H3. The van der Waals surface area contributed by atoms with Crippen LogP contribution in [0.2, 0.25) is 0 Å². The molecule has 3 rings (SSSR count). The predicted octanol–water partition coefficient (Wildman–Crippen LogP) is 2.82. The average Bonchev–Trinajstić information content (AvgIpc) is 3.15. The maximum Gasteiger partial charge on any atom is 0.342 e. The fraction of sp³-hybridized carbons (Fsp3) is 0.167.